The van der Waals surface area contributed by atoms with Crippen molar-refractivity contribution in [2.24, 2.45) is 5.92 Å². The number of fused-ring (bicyclic) bond motifs is 1. The molecule has 2 aliphatic rings. The molecule has 0 radical (unpaired) electrons. The molecule has 7 heteroatoms. The van der Waals surface area contributed by atoms with Crippen molar-refractivity contribution < 1.29 is 44.3 Å². The molecule has 33 heavy (non-hydrogen) atoms. The third kappa shape index (κ3) is 7.29. The summed E-state index contributed by atoms with van der Waals surface area (Å²) >= 11 is 0. The van der Waals surface area contributed by atoms with Gasteiger partial charge in [-0.3, -0.25) is 4.79 Å². The van der Waals surface area contributed by atoms with Crippen molar-refractivity contribution in [3.05, 3.63) is 59.3 Å². The van der Waals surface area contributed by atoms with Crippen LogP contribution in [0.15, 0.2) is 42.5 Å². The molecule has 1 unspecified atom stereocenters. The molecule has 1 saturated heterocycles. The van der Waals surface area contributed by atoms with E-state index < -0.39 is 5.97 Å². The third-order valence-corrected chi connectivity index (χ3v) is 6.82. The molecule has 1 N–H and O–H groups in total. The topological polar surface area (TPSA) is 85.4 Å². The van der Waals surface area contributed by atoms with E-state index in [4.69, 9.17) is 4.98 Å². The number of likely N-dealkylation sites (tertiary alicyclic amines) is 1. The Bertz CT molecular complexity index is 930. The monoisotopic (exact) mass is 457 g/mol. The molecule has 2 aliphatic heterocycles. The first-order valence-corrected chi connectivity index (χ1v) is 11.8. The number of piperidine rings is 1. The smallest absolute Gasteiger partial charge is 0.550 e. The number of carbonyl (C=O) groups excluding carboxylic acids is 2. The van der Waals surface area contributed by atoms with Gasteiger partial charge in [0.15, 0.2) is 0 Å². The fraction of sp³-hybridized carbons (Fsp3) is 0.500. The molecule has 170 valence electrons. The summed E-state index contributed by atoms with van der Waals surface area (Å²) < 4.78 is 0. The van der Waals surface area contributed by atoms with Crippen molar-refractivity contribution in [1.82, 2.24) is 9.88 Å². The number of nitrogens with zero attached hydrogens (tertiary/aromatic N) is 2. The van der Waals surface area contributed by atoms with Gasteiger partial charge in [-0.25, -0.2) is 4.98 Å². The van der Waals surface area contributed by atoms with Gasteiger partial charge in [-0.15, -0.1) is 0 Å². The Morgan fingerprint density at radius 2 is 1.88 bits per heavy atom. The maximum Gasteiger partial charge on any atom is 1.00 e. The van der Waals surface area contributed by atoms with Crippen molar-refractivity contribution in [3.8, 4) is 0 Å². The molecule has 4 rings (SSSR count). The van der Waals surface area contributed by atoms with Crippen LogP contribution in [0.5, 0.6) is 0 Å². The summed E-state index contributed by atoms with van der Waals surface area (Å²) in [4.78, 5) is 30.7. The molecule has 1 atom stereocenters. The largest absolute Gasteiger partial charge is 1.00 e. The molecule has 0 bridgehead atoms. The van der Waals surface area contributed by atoms with Crippen molar-refractivity contribution in [3.63, 3.8) is 0 Å². The Balaban J connectivity index is 0.00000306. The summed E-state index contributed by atoms with van der Waals surface area (Å²) in [6.45, 7) is 2.45. The Kier molecular flexibility index (Phi) is 9.78. The van der Waals surface area contributed by atoms with Gasteiger partial charge >= 0.3 is 29.6 Å². The molecular formula is C26H32N3NaO3. The summed E-state index contributed by atoms with van der Waals surface area (Å²) in [7, 11) is 0. The number of carboxylic acid groups (broad SMARTS) is 1. The van der Waals surface area contributed by atoms with Crippen molar-refractivity contribution in [1.29, 1.82) is 0 Å². The van der Waals surface area contributed by atoms with Gasteiger partial charge in [0.25, 0.3) is 0 Å². The number of hydrogen-bond acceptors (Lipinski definition) is 5. The van der Waals surface area contributed by atoms with Crippen LogP contribution >= 0.6 is 0 Å². The molecule has 0 aliphatic carbocycles. The van der Waals surface area contributed by atoms with Gasteiger partial charge in [0, 0.05) is 37.7 Å². The van der Waals surface area contributed by atoms with Gasteiger partial charge in [0.05, 0.1) is 0 Å². The van der Waals surface area contributed by atoms with Crippen molar-refractivity contribution >= 4 is 17.7 Å². The molecular weight excluding hydrogens is 425 g/mol. The van der Waals surface area contributed by atoms with E-state index >= 15 is 0 Å². The number of carboxylic acids is 1. The molecule has 0 spiro atoms. The number of hydrogen-bond donors (Lipinski definition) is 1. The summed E-state index contributed by atoms with van der Waals surface area (Å²) in [5.41, 5.74) is 3.29. The molecule has 1 fully saturated rings. The van der Waals surface area contributed by atoms with Gasteiger partial charge < -0.3 is 20.1 Å². The first kappa shape index (κ1) is 25.7. The number of amides is 1. The average molecular weight is 458 g/mol. The zero-order valence-corrected chi connectivity index (χ0v) is 21.6. The number of rotatable bonds is 8. The first-order valence-electron chi connectivity index (χ1n) is 11.8. The van der Waals surface area contributed by atoms with E-state index in [0.717, 1.165) is 68.8 Å². The van der Waals surface area contributed by atoms with Gasteiger partial charge in [-0.1, -0.05) is 36.4 Å². The molecule has 1 aromatic heterocycles. The second-order valence-electron chi connectivity index (χ2n) is 9.08. The van der Waals surface area contributed by atoms with Crippen LogP contribution in [0.25, 0.3) is 0 Å². The van der Waals surface area contributed by atoms with Crippen molar-refractivity contribution in [2.45, 2.75) is 57.3 Å². The maximum absolute atomic E-state index is 12.8. The number of aliphatic carboxylic acids is 1. The summed E-state index contributed by atoms with van der Waals surface area (Å²) in [5, 5.41) is 14.6. The van der Waals surface area contributed by atoms with Crippen LogP contribution in [0.1, 0.15) is 61.3 Å². The SMILES string of the molecule is O=C([O-])CC(CC1CCN(C(=O)CCc2ccc3c(n2)NCCC3)CC1)c1ccccc1.[Na+]. The normalized spacial score (nSPS) is 16.8. The number of benzene rings is 1. The fourth-order valence-electron chi connectivity index (χ4n) is 4.99. The number of aromatic nitrogens is 1. The van der Waals surface area contributed by atoms with Crippen LogP contribution in [0.4, 0.5) is 5.82 Å². The number of carbonyl (C=O) groups is 2. The quantitative estimate of drug-likeness (QED) is 0.561. The predicted octanol–water partition coefficient (Wildman–Crippen LogP) is -0.0712. The second kappa shape index (κ2) is 12.5. The third-order valence-electron chi connectivity index (χ3n) is 6.82. The van der Waals surface area contributed by atoms with Crippen LogP contribution in [0.3, 0.4) is 0 Å². The van der Waals surface area contributed by atoms with E-state index in [1.807, 2.05) is 41.3 Å². The number of aryl methyl sites for hydroxylation is 2. The molecule has 0 saturated carbocycles. The molecule has 1 aromatic carbocycles. The molecule has 6 nitrogen and oxygen atoms in total. The first-order chi connectivity index (χ1) is 15.6. The Hall–Kier alpha value is -1.89. The molecule has 1 amide bonds. The van der Waals surface area contributed by atoms with E-state index in [-0.39, 0.29) is 47.8 Å². The van der Waals surface area contributed by atoms with Gasteiger partial charge in [-0.05, 0) is 74.0 Å². The summed E-state index contributed by atoms with van der Waals surface area (Å²) in [5.74, 6) is 0.559. The van der Waals surface area contributed by atoms with Gasteiger partial charge in [0.2, 0.25) is 5.91 Å². The van der Waals surface area contributed by atoms with Crippen LogP contribution in [-0.4, -0.2) is 41.4 Å². The Morgan fingerprint density at radius 1 is 1.12 bits per heavy atom. The zero-order valence-electron chi connectivity index (χ0n) is 19.6. The number of nitrogens with one attached hydrogen (secondary N) is 1. The second-order valence-corrected chi connectivity index (χ2v) is 9.08. The Labute approximate surface area is 218 Å². The van der Waals surface area contributed by atoms with Gasteiger partial charge in [0.1, 0.15) is 5.82 Å². The average Bonchev–Trinajstić information content (AvgIpc) is 2.83. The van der Waals surface area contributed by atoms with Gasteiger partial charge in [-0.2, -0.15) is 0 Å². The van der Waals surface area contributed by atoms with E-state index in [1.165, 1.54) is 5.56 Å². The summed E-state index contributed by atoms with van der Waals surface area (Å²) in [6.07, 6.45) is 6.06. The van der Waals surface area contributed by atoms with E-state index in [2.05, 4.69) is 11.4 Å². The van der Waals surface area contributed by atoms with Crippen molar-refractivity contribution in [2.75, 3.05) is 25.0 Å². The number of anilines is 1. The van der Waals surface area contributed by atoms with Crippen LogP contribution in [0.2, 0.25) is 0 Å². The standard InChI is InChI=1S/C26H33N3O3.Na/c30-24(11-10-23-9-8-21-7-4-14-27-26(21)28-23)29-15-12-19(13-16-29)17-22(18-25(31)32)20-5-2-1-3-6-20;/h1-3,5-6,8-9,19,22H,4,7,10-18H2,(H,27,28)(H,31,32);/q;+1/p-1. The molecule has 2 aromatic rings. The number of pyridine rings is 1. The molecule has 3 heterocycles. The van der Waals surface area contributed by atoms with E-state index in [1.54, 1.807) is 0 Å². The fourth-order valence-corrected chi connectivity index (χ4v) is 4.99. The minimum absolute atomic E-state index is 0. The minimum atomic E-state index is -1.00. The van der Waals surface area contributed by atoms with Crippen LogP contribution < -0.4 is 40.0 Å². The van der Waals surface area contributed by atoms with Crippen LogP contribution in [0, 0.1) is 5.92 Å². The van der Waals surface area contributed by atoms with E-state index in [9.17, 15) is 14.7 Å². The maximum atomic E-state index is 12.8. The van der Waals surface area contributed by atoms with Crippen LogP contribution in [-0.2, 0) is 22.4 Å². The predicted molar refractivity (Wildman–Crippen MR) is 122 cm³/mol. The van der Waals surface area contributed by atoms with E-state index in [0.29, 0.717) is 18.8 Å². The summed E-state index contributed by atoms with van der Waals surface area (Å²) in [6, 6.07) is 14.0. The minimum Gasteiger partial charge on any atom is -0.550 e. The Morgan fingerprint density at radius 3 is 2.61 bits per heavy atom. The zero-order chi connectivity index (χ0) is 22.3.